The van der Waals surface area contributed by atoms with E-state index in [0.717, 1.165) is 44.1 Å². The van der Waals surface area contributed by atoms with Gasteiger partial charge < -0.3 is 19.4 Å². The molecule has 4 fully saturated rings. The van der Waals surface area contributed by atoms with Crippen molar-refractivity contribution in [3.63, 3.8) is 0 Å². The molecule has 0 radical (unpaired) electrons. The van der Waals surface area contributed by atoms with Crippen LogP contribution in [0.15, 0.2) is 24.3 Å². The number of hydrogen-bond donors (Lipinski definition) is 0. The summed E-state index contributed by atoms with van der Waals surface area (Å²) in [5.41, 5.74) is 0.902. The summed E-state index contributed by atoms with van der Waals surface area (Å²) in [5.74, 6) is 0.973. The predicted octanol–water partition coefficient (Wildman–Crippen LogP) is 5.32. The fourth-order valence-corrected chi connectivity index (χ4v) is 6.60. The fraction of sp³-hybridized carbons (Fsp3) is 0.700. The van der Waals surface area contributed by atoms with E-state index in [2.05, 4.69) is 6.92 Å². The summed E-state index contributed by atoms with van der Waals surface area (Å²) >= 11 is 6.16. The summed E-state index contributed by atoms with van der Waals surface area (Å²) in [7, 11) is 1.80. The highest BCUT2D eigenvalue weighted by molar-refractivity contribution is 6.30. The maximum Gasteiger partial charge on any atom is 0.410 e. The van der Waals surface area contributed by atoms with Crippen LogP contribution in [0.5, 0.6) is 0 Å². The maximum absolute atomic E-state index is 13.7. The average molecular weight is 544 g/mol. The van der Waals surface area contributed by atoms with Gasteiger partial charge in [-0.05, 0) is 75.0 Å². The summed E-state index contributed by atoms with van der Waals surface area (Å²) in [6.45, 7) is 6.63. The van der Waals surface area contributed by atoms with Crippen LogP contribution in [0.3, 0.4) is 0 Å². The normalized spacial score (nSPS) is 29.2. The molecule has 2 saturated heterocycles. The third kappa shape index (κ3) is 5.83. The van der Waals surface area contributed by atoms with Gasteiger partial charge in [0.1, 0.15) is 6.10 Å². The SMILES string of the molecule is CN(C(=O)O[C@H]1CC[C@H](C)CC1)[C@H]1CN(C(=O)C2CCN(C(=O)C3(C)CC3)CC2)C[C@@H]1c1ccc(Cl)cc1. The van der Waals surface area contributed by atoms with Crippen LogP contribution >= 0.6 is 11.6 Å². The molecule has 5 rings (SSSR count). The molecule has 38 heavy (non-hydrogen) atoms. The van der Waals surface area contributed by atoms with Gasteiger partial charge >= 0.3 is 6.09 Å². The lowest BCUT2D eigenvalue weighted by Gasteiger charge is -2.35. The molecule has 2 aliphatic heterocycles. The van der Waals surface area contributed by atoms with Crippen molar-refractivity contribution in [3.8, 4) is 0 Å². The van der Waals surface area contributed by atoms with Gasteiger partial charge in [0.2, 0.25) is 11.8 Å². The Morgan fingerprint density at radius 1 is 0.947 bits per heavy atom. The molecule has 2 atom stereocenters. The van der Waals surface area contributed by atoms with Crippen molar-refractivity contribution in [2.24, 2.45) is 17.3 Å². The van der Waals surface area contributed by atoms with E-state index in [4.69, 9.17) is 16.3 Å². The molecule has 8 heteroatoms. The molecule has 0 bridgehead atoms. The first-order valence-corrected chi connectivity index (χ1v) is 14.8. The second kappa shape index (κ2) is 11.1. The van der Waals surface area contributed by atoms with Gasteiger partial charge in [0, 0.05) is 55.5 Å². The summed E-state index contributed by atoms with van der Waals surface area (Å²) in [5, 5.41) is 0.664. The van der Waals surface area contributed by atoms with Crippen molar-refractivity contribution < 1.29 is 19.1 Å². The Hall–Kier alpha value is -2.28. The molecular weight excluding hydrogens is 502 g/mol. The predicted molar refractivity (Wildman–Crippen MR) is 147 cm³/mol. The Morgan fingerprint density at radius 3 is 2.18 bits per heavy atom. The zero-order chi connectivity index (χ0) is 27.0. The highest BCUT2D eigenvalue weighted by atomic mass is 35.5. The lowest BCUT2D eigenvalue weighted by molar-refractivity contribution is -0.142. The number of halogens is 1. The van der Waals surface area contributed by atoms with E-state index < -0.39 is 0 Å². The van der Waals surface area contributed by atoms with Crippen LogP contribution in [0.4, 0.5) is 4.79 Å². The van der Waals surface area contributed by atoms with Crippen molar-refractivity contribution in [1.82, 2.24) is 14.7 Å². The van der Waals surface area contributed by atoms with Gasteiger partial charge in [0.15, 0.2) is 0 Å². The van der Waals surface area contributed by atoms with Crippen molar-refractivity contribution >= 4 is 29.5 Å². The van der Waals surface area contributed by atoms with Crippen LogP contribution in [0.25, 0.3) is 0 Å². The fourth-order valence-electron chi connectivity index (χ4n) is 6.48. The van der Waals surface area contributed by atoms with Gasteiger partial charge in [0.05, 0.1) is 6.04 Å². The van der Waals surface area contributed by atoms with E-state index >= 15 is 0 Å². The Labute approximate surface area is 231 Å². The van der Waals surface area contributed by atoms with Gasteiger partial charge in [-0.15, -0.1) is 0 Å². The van der Waals surface area contributed by atoms with Gasteiger partial charge in [-0.3, -0.25) is 9.59 Å². The van der Waals surface area contributed by atoms with E-state index in [9.17, 15) is 14.4 Å². The second-order valence-corrected chi connectivity index (χ2v) is 12.9. The highest BCUT2D eigenvalue weighted by Gasteiger charge is 2.48. The first kappa shape index (κ1) is 27.3. The number of benzene rings is 1. The molecule has 2 heterocycles. The van der Waals surface area contributed by atoms with Gasteiger partial charge in [-0.25, -0.2) is 4.79 Å². The number of rotatable bonds is 5. The summed E-state index contributed by atoms with van der Waals surface area (Å²) in [4.78, 5) is 45.2. The summed E-state index contributed by atoms with van der Waals surface area (Å²) in [6, 6.07) is 7.56. The van der Waals surface area contributed by atoms with E-state index in [1.807, 2.05) is 41.0 Å². The van der Waals surface area contributed by atoms with E-state index in [-0.39, 0.29) is 47.3 Å². The number of hydrogen-bond acceptors (Lipinski definition) is 4. The van der Waals surface area contributed by atoms with Crippen LogP contribution in [-0.2, 0) is 14.3 Å². The summed E-state index contributed by atoms with van der Waals surface area (Å²) < 4.78 is 5.92. The van der Waals surface area contributed by atoms with Crippen molar-refractivity contribution in [2.45, 2.75) is 83.3 Å². The standard InChI is InChI=1S/C30H42ClN3O4/c1-20-4-10-24(11-5-20)38-29(37)32(3)26-19-34(18-25(26)21-6-8-23(31)9-7-21)27(35)22-12-16-33(17-13-22)28(36)30(2)14-15-30/h6-9,20,22,24-26H,4-5,10-19H2,1-3H3/t20-,24-,25-,26+/m1/s1. The molecular formula is C30H42ClN3O4. The van der Waals surface area contributed by atoms with Crippen LogP contribution < -0.4 is 0 Å². The summed E-state index contributed by atoms with van der Waals surface area (Å²) in [6.07, 6.45) is 7.02. The lowest BCUT2D eigenvalue weighted by Crippen LogP contribution is -2.47. The molecule has 208 valence electrons. The van der Waals surface area contributed by atoms with Crippen molar-refractivity contribution in [2.75, 3.05) is 33.2 Å². The van der Waals surface area contributed by atoms with E-state index in [0.29, 0.717) is 50.0 Å². The quantitative estimate of drug-likeness (QED) is 0.504. The number of likely N-dealkylation sites (N-methyl/N-ethyl adjacent to an activating group) is 1. The first-order chi connectivity index (χ1) is 18.1. The largest absolute Gasteiger partial charge is 0.446 e. The third-order valence-electron chi connectivity index (χ3n) is 9.56. The Morgan fingerprint density at radius 2 is 1.58 bits per heavy atom. The van der Waals surface area contributed by atoms with Gasteiger partial charge in [-0.1, -0.05) is 37.6 Å². The molecule has 1 aromatic carbocycles. The number of nitrogens with zero attached hydrogens (tertiary/aromatic N) is 3. The number of likely N-dealkylation sites (tertiary alicyclic amines) is 2. The molecule has 0 aromatic heterocycles. The molecule has 3 amide bonds. The van der Waals surface area contributed by atoms with Crippen LogP contribution in [0.2, 0.25) is 5.02 Å². The minimum absolute atomic E-state index is 0.0170. The first-order valence-electron chi connectivity index (χ1n) is 14.4. The number of carbonyl (C=O) groups excluding carboxylic acids is 3. The molecule has 1 aromatic rings. The van der Waals surface area contributed by atoms with Crippen molar-refractivity contribution in [1.29, 1.82) is 0 Å². The molecule has 4 aliphatic rings. The van der Waals surface area contributed by atoms with Crippen LogP contribution in [0.1, 0.15) is 76.7 Å². The lowest BCUT2D eigenvalue weighted by atomic mass is 9.89. The Bertz CT molecular complexity index is 1030. The molecule has 2 saturated carbocycles. The molecule has 0 unspecified atom stereocenters. The topological polar surface area (TPSA) is 70.2 Å². The minimum Gasteiger partial charge on any atom is -0.446 e. The monoisotopic (exact) mass is 543 g/mol. The van der Waals surface area contributed by atoms with Crippen LogP contribution in [-0.4, -0.2) is 78.0 Å². The third-order valence-corrected chi connectivity index (χ3v) is 9.81. The zero-order valence-corrected chi connectivity index (χ0v) is 23.8. The van der Waals surface area contributed by atoms with Crippen LogP contribution in [0, 0.1) is 17.3 Å². The zero-order valence-electron chi connectivity index (χ0n) is 23.0. The Kier molecular flexibility index (Phi) is 7.95. The molecule has 0 spiro atoms. The number of piperidine rings is 1. The Balaban J connectivity index is 1.24. The number of amides is 3. The van der Waals surface area contributed by atoms with E-state index in [1.54, 1.807) is 11.9 Å². The molecule has 0 N–H and O–H groups in total. The van der Waals surface area contributed by atoms with Gasteiger partial charge in [0.25, 0.3) is 0 Å². The molecule has 2 aliphatic carbocycles. The highest BCUT2D eigenvalue weighted by Crippen LogP contribution is 2.47. The smallest absolute Gasteiger partial charge is 0.410 e. The van der Waals surface area contributed by atoms with E-state index in [1.165, 1.54) is 0 Å². The number of carbonyl (C=O) groups is 3. The van der Waals surface area contributed by atoms with Gasteiger partial charge in [-0.2, -0.15) is 0 Å². The minimum atomic E-state index is -0.303. The number of ether oxygens (including phenoxy) is 1. The average Bonchev–Trinajstić information content (AvgIpc) is 3.52. The van der Waals surface area contributed by atoms with Crippen molar-refractivity contribution in [3.05, 3.63) is 34.9 Å². The maximum atomic E-state index is 13.7. The molecule has 7 nitrogen and oxygen atoms in total. The second-order valence-electron chi connectivity index (χ2n) is 12.5.